The van der Waals surface area contributed by atoms with E-state index < -0.39 is 0 Å². The maximum absolute atomic E-state index is 6.07. The fraction of sp³-hybridized carbons (Fsp3) is 0.667. The van der Waals surface area contributed by atoms with Gasteiger partial charge in [0, 0.05) is 11.6 Å². The summed E-state index contributed by atoms with van der Waals surface area (Å²) in [5, 5.41) is 0.727. The van der Waals surface area contributed by atoms with Gasteiger partial charge in [-0.25, -0.2) is 9.97 Å². The Morgan fingerprint density at radius 2 is 2.00 bits per heavy atom. The second-order valence-corrected chi connectivity index (χ2v) is 4.15. The molecular weight excluding hydrogens is 208 g/mol. The van der Waals surface area contributed by atoms with Gasteiger partial charge >= 0.3 is 0 Å². The maximum Gasteiger partial charge on any atom is 0.125 e. The van der Waals surface area contributed by atoms with Crippen molar-refractivity contribution < 1.29 is 0 Å². The van der Waals surface area contributed by atoms with Gasteiger partial charge in [-0.05, 0) is 26.2 Å². The molecule has 1 aliphatic carbocycles. The third-order valence-electron chi connectivity index (χ3n) is 2.90. The molecule has 0 spiro atoms. The van der Waals surface area contributed by atoms with Crippen molar-refractivity contribution in [1.29, 1.82) is 0 Å². The van der Waals surface area contributed by atoms with E-state index in [2.05, 4.69) is 16.9 Å². The molecule has 0 aliphatic heterocycles. The van der Waals surface area contributed by atoms with E-state index in [0.717, 1.165) is 23.0 Å². The highest BCUT2D eigenvalue weighted by Gasteiger charge is 2.45. The lowest BCUT2D eigenvalue weighted by atomic mass is 9.99. The molecule has 1 fully saturated rings. The highest BCUT2D eigenvalue weighted by atomic mass is 35.5. The summed E-state index contributed by atoms with van der Waals surface area (Å²) in [4.78, 5) is 8.51. The molecule has 0 atom stereocenters. The van der Waals surface area contributed by atoms with Gasteiger partial charge in [-0.3, -0.25) is 0 Å². The maximum atomic E-state index is 6.07. The van der Waals surface area contributed by atoms with Crippen LogP contribution in [0.2, 0.25) is 5.02 Å². The van der Waals surface area contributed by atoms with Gasteiger partial charge in [0.2, 0.25) is 0 Å². The van der Waals surface area contributed by atoms with E-state index in [4.69, 9.17) is 11.6 Å². The first-order valence-corrected chi connectivity index (χ1v) is 6.05. The number of aryl methyl sites for hydroxylation is 1. The largest absolute Gasteiger partial charge is 0.240 e. The van der Waals surface area contributed by atoms with Crippen LogP contribution in [0.15, 0.2) is 6.20 Å². The molecule has 1 aliphatic rings. The monoisotopic (exact) mass is 226 g/mol. The Kier molecular flexibility index (Phi) is 4.09. The third kappa shape index (κ3) is 2.49. The molecule has 0 bridgehead atoms. The Morgan fingerprint density at radius 1 is 1.40 bits per heavy atom. The van der Waals surface area contributed by atoms with Gasteiger partial charge in [0.05, 0.1) is 10.7 Å². The van der Waals surface area contributed by atoms with E-state index in [1.807, 2.05) is 20.8 Å². The van der Waals surface area contributed by atoms with Crippen LogP contribution in [0.5, 0.6) is 0 Å². The lowest BCUT2D eigenvalue weighted by Gasteiger charge is -2.13. The Balaban J connectivity index is 0.000000531. The van der Waals surface area contributed by atoms with E-state index in [0.29, 0.717) is 0 Å². The van der Waals surface area contributed by atoms with Crippen LogP contribution < -0.4 is 0 Å². The summed E-state index contributed by atoms with van der Waals surface area (Å²) in [5.41, 5.74) is 1.34. The van der Waals surface area contributed by atoms with Gasteiger partial charge in [-0.2, -0.15) is 0 Å². The van der Waals surface area contributed by atoms with Crippen LogP contribution in [-0.2, 0) is 5.41 Å². The first-order valence-electron chi connectivity index (χ1n) is 5.67. The zero-order chi connectivity index (χ0) is 11.5. The minimum absolute atomic E-state index is 0.283. The van der Waals surface area contributed by atoms with E-state index in [9.17, 15) is 0 Å². The van der Waals surface area contributed by atoms with Crippen LogP contribution in [0.25, 0.3) is 0 Å². The summed E-state index contributed by atoms with van der Waals surface area (Å²) < 4.78 is 0. The molecule has 0 aromatic carbocycles. The third-order valence-corrected chi connectivity index (χ3v) is 3.17. The lowest BCUT2D eigenvalue weighted by molar-refractivity contribution is 0.635. The topological polar surface area (TPSA) is 25.8 Å². The predicted molar refractivity (Wildman–Crippen MR) is 64.3 cm³/mol. The molecule has 0 saturated heterocycles. The van der Waals surface area contributed by atoms with Crippen LogP contribution in [0.1, 0.15) is 51.6 Å². The molecule has 15 heavy (non-hydrogen) atoms. The number of rotatable bonds is 2. The number of halogens is 1. The number of hydrogen-bond acceptors (Lipinski definition) is 2. The Hall–Kier alpha value is -0.630. The van der Waals surface area contributed by atoms with E-state index in [1.54, 1.807) is 6.20 Å². The average Bonchev–Trinajstić information content (AvgIpc) is 3.05. The summed E-state index contributed by atoms with van der Waals surface area (Å²) in [6.45, 7) is 8.10. The Morgan fingerprint density at radius 3 is 2.47 bits per heavy atom. The summed E-state index contributed by atoms with van der Waals surface area (Å²) in [6.07, 6.45) is 5.29. The normalized spacial score (nSPS) is 16.6. The minimum Gasteiger partial charge on any atom is -0.240 e. The molecule has 1 saturated carbocycles. The van der Waals surface area contributed by atoms with Crippen molar-refractivity contribution >= 4 is 11.6 Å². The summed E-state index contributed by atoms with van der Waals surface area (Å²) >= 11 is 6.07. The van der Waals surface area contributed by atoms with E-state index in [1.165, 1.54) is 12.8 Å². The van der Waals surface area contributed by atoms with Gasteiger partial charge in [-0.1, -0.05) is 32.4 Å². The lowest BCUT2D eigenvalue weighted by Crippen LogP contribution is -2.09. The fourth-order valence-electron chi connectivity index (χ4n) is 1.74. The average molecular weight is 227 g/mol. The van der Waals surface area contributed by atoms with E-state index >= 15 is 0 Å². The van der Waals surface area contributed by atoms with E-state index in [-0.39, 0.29) is 5.41 Å². The van der Waals surface area contributed by atoms with Crippen LogP contribution in [0.4, 0.5) is 0 Å². The van der Waals surface area contributed by atoms with Crippen molar-refractivity contribution in [2.24, 2.45) is 0 Å². The molecule has 1 aromatic heterocycles. The molecule has 0 N–H and O–H groups in total. The number of nitrogens with zero attached hydrogens (tertiary/aromatic N) is 2. The first kappa shape index (κ1) is 12.4. The molecule has 1 heterocycles. The minimum atomic E-state index is 0.283. The number of aromatic nitrogens is 2. The van der Waals surface area contributed by atoms with Crippen molar-refractivity contribution in [2.45, 2.75) is 52.4 Å². The summed E-state index contributed by atoms with van der Waals surface area (Å²) in [7, 11) is 0. The zero-order valence-corrected chi connectivity index (χ0v) is 10.7. The second-order valence-electron chi connectivity index (χ2n) is 3.75. The first-order chi connectivity index (χ1) is 7.18. The smallest absolute Gasteiger partial charge is 0.125 e. The fourth-order valence-corrected chi connectivity index (χ4v) is 2.03. The van der Waals surface area contributed by atoms with Crippen molar-refractivity contribution in [2.75, 3.05) is 0 Å². The van der Waals surface area contributed by atoms with Gasteiger partial charge in [0.25, 0.3) is 0 Å². The van der Waals surface area contributed by atoms with Crippen molar-refractivity contribution in [1.82, 2.24) is 9.97 Å². The van der Waals surface area contributed by atoms with Crippen LogP contribution in [-0.4, -0.2) is 9.97 Å². The van der Waals surface area contributed by atoms with Gasteiger partial charge in [0.15, 0.2) is 0 Å². The van der Waals surface area contributed by atoms with Crippen LogP contribution in [0, 0.1) is 6.92 Å². The molecule has 0 radical (unpaired) electrons. The predicted octanol–water partition coefficient (Wildman–Crippen LogP) is 3.91. The van der Waals surface area contributed by atoms with Crippen LogP contribution in [0.3, 0.4) is 0 Å². The molecule has 3 heteroatoms. The van der Waals surface area contributed by atoms with Crippen molar-refractivity contribution in [3.05, 3.63) is 22.7 Å². The molecule has 0 unspecified atom stereocenters. The molecule has 1 aromatic rings. The standard InChI is InChI=1S/C10H13ClN2.C2H6/c1-3-10(4-5-10)9-8(11)6-12-7(2)13-9;1-2/h6H,3-5H2,1-2H3;1-2H3. The van der Waals surface area contributed by atoms with Crippen molar-refractivity contribution in [3.63, 3.8) is 0 Å². The summed E-state index contributed by atoms with van der Waals surface area (Å²) in [5.74, 6) is 0.819. The second kappa shape index (κ2) is 4.93. The van der Waals surface area contributed by atoms with Crippen LogP contribution >= 0.6 is 11.6 Å². The number of hydrogen-bond donors (Lipinski definition) is 0. The SMILES string of the molecule is CC.CCC1(c2nc(C)ncc2Cl)CC1. The molecule has 0 amide bonds. The van der Waals surface area contributed by atoms with Gasteiger partial charge in [0.1, 0.15) is 5.82 Å². The van der Waals surface area contributed by atoms with Gasteiger partial charge in [-0.15, -0.1) is 0 Å². The van der Waals surface area contributed by atoms with Gasteiger partial charge < -0.3 is 0 Å². The summed E-state index contributed by atoms with van der Waals surface area (Å²) in [6, 6.07) is 0. The molecular formula is C12H19ClN2. The van der Waals surface area contributed by atoms with Crippen molar-refractivity contribution in [3.8, 4) is 0 Å². The molecule has 84 valence electrons. The zero-order valence-electron chi connectivity index (χ0n) is 9.97. The Labute approximate surface area is 97.1 Å². The highest BCUT2D eigenvalue weighted by Crippen LogP contribution is 2.51. The Bertz CT molecular complexity index is 332. The highest BCUT2D eigenvalue weighted by molar-refractivity contribution is 6.31. The molecule has 2 rings (SSSR count). The molecule has 2 nitrogen and oxygen atoms in total. The quantitative estimate of drug-likeness (QED) is 0.764.